The minimum absolute atomic E-state index is 1.12. The van der Waals surface area contributed by atoms with E-state index in [1.165, 1.54) is 29.7 Å². The summed E-state index contributed by atoms with van der Waals surface area (Å²) >= 11 is 0. The third-order valence-corrected chi connectivity index (χ3v) is 2.90. The Morgan fingerprint density at radius 2 is 2.20 bits per heavy atom. The highest BCUT2D eigenvalue weighted by Gasteiger charge is 2.17. The van der Waals surface area contributed by atoms with Crippen molar-refractivity contribution in [3.8, 4) is 0 Å². The molecule has 2 nitrogen and oxygen atoms in total. The van der Waals surface area contributed by atoms with Crippen LogP contribution in [0, 0.1) is 6.92 Å². The highest BCUT2D eigenvalue weighted by molar-refractivity contribution is 5.76. The van der Waals surface area contributed by atoms with Crippen molar-refractivity contribution in [3.63, 3.8) is 0 Å². The van der Waals surface area contributed by atoms with Crippen molar-refractivity contribution in [2.75, 3.05) is 18.5 Å². The van der Waals surface area contributed by atoms with Crippen molar-refractivity contribution < 1.29 is 0 Å². The van der Waals surface area contributed by atoms with Gasteiger partial charge in [-0.05, 0) is 43.9 Å². The average Bonchev–Trinajstić information content (AvgIpc) is 2.17. The van der Waals surface area contributed by atoms with Gasteiger partial charge in [0.25, 0.3) is 0 Å². The smallest absolute Gasteiger partial charge is 0.0864 e. The van der Waals surface area contributed by atoms with Gasteiger partial charge in [-0.15, -0.1) is 0 Å². The van der Waals surface area contributed by atoms with E-state index in [1.807, 2.05) is 13.1 Å². The van der Waals surface area contributed by atoms with Crippen LogP contribution in [0.15, 0.2) is 17.1 Å². The van der Waals surface area contributed by atoms with Gasteiger partial charge in [-0.25, -0.2) is 0 Å². The first-order chi connectivity index (χ1) is 7.22. The lowest BCUT2D eigenvalue weighted by Crippen LogP contribution is -2.24. The Morgan fingerprint density at radius 3 is 2.93 bits per heavy atom. The molecule has 1 aromatic rings. The Hall–Kier alpha value is -1.31. The molecule has 0 aromatic heterocycles. The van der Waals surface area contributed by atoms with Crippen LogP contribution in [0.1, 0.15) is 24.5 Å². The Labute approximate surface area is 91.6 Å². The van der Waals surface area contributed by atoms with Crippen molar-refractivity contribution in [1.82, 2.24) is 0 Å². The van der Waals surface area contributed by atoms with Gasteiger partial charge in [-0.3, -0.25) is 4.99 Å². The van der Waals surface area contributed by atoms with Crippen molar-refractivity contribution in [2.45, 2.75) is 26.7 Å². The maximum Gasteiger partial charge on any atom is 0.0864 e. The number of aryl methyl sites for hydroxylation is 2. The monoisotopic (exact) mass is 202 g/mol. The molecule has 1 aromatic carbocycles. The van der Waals surface area contributed by atoms with Gasteiger partial charge in [-0.2, -0.15) is 0 Å². The molecule has 0 saturated carbocycles. The predicted octanol–water partition coefficient (Wildman–Crippen LogP) is 3.10. The first kappa shape index (κ1) is 10.2. The van der Waals surface area contributed by atoms with Gasteiger partial charge in [0.15, 0.2) is 0 Å². The zero-order chi connectivity index (χ0) is 10.8. The van der Waals surface area contributed by atoms with Crippen molar-refractivity contribution in [1.29, 1.82) is 0 Å². The summed E-state index contributed by atoms with van der Waals surface area (Å²) in [5.74, 6) is 0. The molecule has 2 rings (SSSR count). The largest absolute Gasteiger partial charge is 0.373 e. The summed E-state index contributed by atoms with van der Waals surface area (Å²) in [6, 6.07) is 4.46. The Bertz CT molecular complexity index is 394. The van der Waals surface area contributed by atoms with Gasteiger partial charge in [0.1, 0.15) is 0 Å². The molecule has 2 heteroatoms. The number of fused-ring (bicyclic) bond motifs is 1. The molecule has 0 N–H and O–H groups in total. The Morgan fingerprint density at radius 1 is 1.40 bits per heavy atom. The van der Waals surface area contributed by atoms with E-state index in [0.717, 1.165) is 12.2 Å². The molecular formula is C13H18N2. The molecule has 80 valence electrons. The number of hydrogen-bond acceptors (Lipinski definition) is 2. The van der Waals surface area contributed by atoms with Gasteiger partial charge in [0.2, 0.25) is 0 Å². The van der Waals surface area contributed by atoms with Gasteiger partial charge >= 0.3 is 0 Å². The van der Waals surface area contributed by atoms with Gasteiger partial charge in [-0.1, -0.05) is 6.07 Å². The van der Waals surface area contributed by atoms with Crippen molar-refractivity contribution in [3.05, 3.63) is 23.3 Å². The second-order valence-electron chi connectivity index (χ2n) is 4.20. The number of nitrogens with zero attached hydrogens (tertiary/aromatic N) is 2. The van der Waals surface area contributed by atoms with Crippen LogP contribution in [-0.2, 0) is 6.42 Å². The number of hydrogen-bond donors (Lipinski definition) is 0. The van der Waals surface area contributed by atoms with Crippen LogP contribution >= 0.6 is 0 Å². The van der Waals surface area contributed by atoms with E-state index in [9.17, 15) is 0 Å². The van der Waals surface area contributed by atoms with Crippen LogP contribution in [0.25, 0.3) is 0 Å². The second-order valence-corrected chi connectivity index (χ2v) is 4.20. The van der Waals surface area contributed by atoms with Crippen LogP contribution in [-0.4, -0.2) is 19.8 Å². The minimum atomic E-state index is 1.12. The molecule has 0 amide bonds. The van der Waals surface area contributed by atoms with Crippen molar-refractivity contribution >= 4 is 17.6 Å². The van der Waals surface area contributed by atoms with Crippen LogP contribution in [0.2, 0.25) is 0 Å². The number of rotatable bonds is 1. The average molecular weight is 202 g/mol. The Kier molecular flexibility index (Phi) is 2.76. The standard InChI is InChI=1S/C13H18N2/c1-4-14-12-9-10(2)8-11-6-5-7-15(3)13(11)12/h4,8-9H,5-7H2,1-3H3. The maximum absolute atomic E-state index is 4.46. The summed E-state index contributed by atoms with van der Waals surface area (Å²) in [5, 5.41) is 0. The molecule has 0 radical (unpaired) electrons. The van der Waals surface area contributed by atoms with Gasteiger partial charge < -0.3 is 4.90 Å². The van der Waals surface area contributed by atoms with Gasteiger partial charge in [0, 0.05) is 19.8 Å². The molecule has 0 atom stereocenters. The highest BCUT2D eigenvalue weighted by Crippen LogP contribution is 2.36. The molecule has 0 fully saturated rings. The molecule has 1 heterocycles. The third kappa shape index (κ3) is 1.89. The lowest BCUT2D eigenvalue weighted by Gasteiger charge is -2.29. The van der Waals surface area contributed by atoms with E-state index in [0.29, 0.717) is 0 Å². The number of benzene rings is 1. The number of anilines is 1. The molecule has 1 aliphatic heterocycles. The van der Waals surface area contributed by atoms with E-state index in [4.69, 9.17) is 0 Å². The fourth-order valence-corrected chi connectivity index (χ4v) is 2.32. The van der Waals surface area contributed by atoms with E-state index in [-0.39, 0.29) is 0 Å². The fraction of sp³-hybridized carbons (Fsp3) is 0.462. The molecule has 0 unspecified atom stereocenters. The summed E-state index contributed by atoms with van der Waals surface area (Å²) in [6.45, 7) is 5.25. The molecule has 0 bridgehead atoms. The molecule has 15 heavy (non-hydrogen) atoms. The predicted molar refractivity (Wildman–Crippen MR) is 66.6 cm³/mol. The molecule has 0 saturated heterocycles. The highest BCUT2D eigenvalue weighted by atomic mass is 15.1. The van der Waals surface area contributed by atoms with Crippen LogP contribution < -0.4 is 4.90 Å². The molecule has 1 aliphatic rings. The summed E-state index contributed by atoms with van der Waals surface area (Å²) in [6.07, 6.45) is 4.31. The van der Waals surface area contributed by atoms with Crippen LogP contribution in [0.3, 0.4) is 0 Å². The SMILES string of the molecule is CC=Nc1cc(C)cc2c1N(C)CCC2. The van der Waals surface area contributed by atoms with Crippen molar-refractivity contribution in [2.24, 2.45) is 4.99 Å². The molecule has 0 spiro atoms. The van der Waals surface area contributed by atoms with E-state index in [1.54, 1.807) is 0 Å². The second kappa shape index (κ2) is 4.05. The van der Waals surface area contributed by atoms with E-state index < -0.39 is 0 Å². The van der Waals surface area contributed by atoms with Crippen LogP contribution in [0.4, 0.5) is 11.4 Å². The van der Waals surface area contributed by atoms with E-state index >= 15 is 0 Å². The Balaban J connectivity index is 2.58. The van der Waals surface area contributed by atoms with Crippen LogP contribution in [0.5, 0.6) is 0 Å². The lowest BCUT2D eigenvalue weighted by atomic mass is 9.98. The fourth-order valence-electron chi connectivity index (χ4n) is 2.32. The third-order valence-electron chi connectivity index (χ3n) is 2.90. The first-order valence-electron chi connectivity index (χ1n) is 5.55. The van der Waals surface area contributed by atoms with Gasteiger partial charge in [0.05, 0.1) is 11.4 Å². The lowest BCUT2D eigenvalue weighted by molar-refractivity contribution is 0.744. The number of aliphatic imine (C=N–C) groups is 1. The quantitative estimate of drug-likeness (QED) is 0.639. The molecule has 0 aliphatic carbocycles. The zero-order valence-electron chi connectivity index (χ0n) is 9.75. The molecular weight excluding hydrogens is 184 g/mol. The summed E-state index contributed by atoms with van der Waals surface area (Å²) in [5.41, 5.74) is 5.20. The summed E-state index contributed by atoms with van der Waals surface area (Å²) in [4.78, 5) is 6.78. The normalized spacial score (nSPS) is 15.8. The maximum atomic E-state index is 4.46. The summed E-state index contributed by atoms with van der Waals surface area (Å²) in [7, 11) is 2.15. The first-order valence-corrected chi connectivity index (χ1v) is 5.55. The summed E-state index contributed by atoms with van der Waals surface area (Å²) < 4.78 is 0. The minimum Gasteiger partial charge on any atom is -0.373 e. The zero-order valence-corrected chi connectivity index (χ0v) is 9.75. The van der Waals surface area contributed by atoms with E-state index in [2.05, 4.69) is 36.0 Å². The topological polar surface area (TPSA) is 15.6 Å².